The van der Waals surface area contributed by atoms with Crippen molar-refractivity contribution >= 4 is 40.0 Å². The average Bonchev–Trinajstić information content (AvgIpc) is 3.17. The molecule has 6 heteroatoms. The van der Waals surface area contributed by atoms with Crippen molar-refractivity contribution in [2.24, 2.45) is 0 Å². The van der Waals surface area contributed by atoms with Gasteiger partial charge < -0.3 is 9.32 Å². The molecule has 1 aromatic carbocycles. The first-order valence-electron chi connectivity index (χ1n) is 7.98. The molecule has 0 atom stereocenters. The van der Waals surface area contributed by atoms with Crippen molar-refractivity contribution in [3.05, 3.63) is 46.7 Å². The van der Waals surface area contributed by atoms with E-state index in [2.05, 4.69) is 4.98 Å². The number of hydrogen-bond donors (Lipinski definition) is 0. The number of thiazole rings is 1. The fraction of sp³-hybridized carbons (Fsp3) is 0.333. The number of carbonyl (C=O) groups excluding carboxylic acids is 1. The summed E-state index contributed by atoms with van der Waals surface area (Å²) in [5, 5.41) is 3.05. The summed E-state index contributed by atoms with van der Waals surface area (Å²) in [5.74, 6) is 1.09. The Hall–Kier alpha value is -1.79. The van der Waals surface area contributed by atoms with Crippen LogP contribution in [0, 0.1) is 6.92 Å². The van der Waals surface area contributed by atoms with Crippen LogP contribution >= 0.6 is 23.1 Å². The van der Waals surface area contributed by atoms with Crippen LogP contribution in [0.25, 0.3) is 11.0 Å². The van der Waals surface area contributed by atoms with Gasteiger partial charge in [-0.25, -0.2) is 4.98 Å². The molecule has 0 saturated heterocycles. The van der Waals surface area contributed by atoms with Crippen molar-refractivity contribution in [1.82, 2.24) is 9.88 Å². The lowest BCUT2D eigenvalue weighted by molar-refractivity contribution is 0.0742. The molecular weight excluding hydrogens is 340 g/mol. The number of benzene rings is 1. The topological polar surface area (TPSA) is 46.3 Å². The fourth-order valence-electron chi connectivity index (χ4n) is 2.60. The number of aromatic nitrogens is 1. The standard InChI is InChI=1S/C18H20N2O2S2/c1-4-20(5-2)17(21)16-14(11-24-18-19-12(3)10-23-18)13-8-6-7-9-15(13)22-16/h6-10H,4-5,11H2,1-3H3. The Kier molecular flexibility index (Phi) is 5.26. The number of hydrogen-bond acceptors (Lipinski definition) is 5. The smallest absolute Gasteiger partial charge is 0.289 e. The van der Waals surface area contributed by atoms with E-state index in [-0.39, 0.29) is 5.91 Å². The van der Waals surface area contributed by atoms with E-state index >= 15 is 0 Å². The maximum atomic E-state index is 12.8. The van der Waals surface area contributed by atoms with E-state index in [1.165, 1.54) is 0 Å². The Balaban J connectivity index is 1.97. The molecule has 0 saturated carbocycles. The van der Waals surface area contributed by atoms with E-state index < -0.39 is 0 Å². The number of carbonyl (C=O) groups is 1. The van der Waals surface area contributed by atoms with Gasteiger partial charge in [0, 0.05) is 40.9 Å². The van der Waals surface area contributed by atoms with Crippen LogP contribution in [0.4, 0.5) is 0 Å². The van der Waals surface area contributed by atoms with Gasteiger partial charge in [-0.3, -0.25) is 4.79 Å². The van der Waals surface area contributed by atoms with Crippen molar-refractivity contribution in [2.45, 2.75) is 30.9 Å². The zero-order valence-corrected chi connectivity index (χ0v) is 15.7. The van der Waals surface area contributed by atoms with Crippen LogP contribution in [0.15, 0.2) is 38.4 Å². The molecule has 0 aliphatic rings. The van der Waals surface area contributed by atoms with Crippen LogP contribution in [0.2, 0.25) is 0 Å². The van der Waals surface area contributed by atoms with Gasteiger partial charge in [-0.2, -0.15) is 0 Å². The molecule has 24 heavy (non-hydrogen) atoms. The molecule has 0 aliphatic heterocycles. The van der Waals surface area contributed by atoms with Crippen molar-refractivity contribution in [2.75, 3.05) is 13.1 Å². The molecule has 2 aromatic heterocycles. The first-order valence-corrected chi connectivity index (χ1v) is 9.85. The largest absolute Gasteiger partial charge is 0.451 e. The van der Waals surface area contributed by atoms with Crippen LogP contribution in [-0.2, 0) is 5.75 Å². The van der Waals surface area contributed by atoms with Crippen LogP contribution < -0.4 is 0 Å². The third kappa shape index (κ3) is 3.35. The normalized spacial score (nSPS) is 11.1. The number of aryl methyl sites for hydroxylation is 1. The average molecular weight is 361 g/mol. The van der Waals surface area contributed by atoms with Gasteiger partial charge in [-0.05, 0) is 26.8 Å². The Morgan fingerprint density at radius 3 is 2.71 bits per heavy atom. The predicted molar refractivity (Wildman–Crippen MR) is 99.9 cm³/mol. The minimum Gasteiger partial charge on any atom is -0.451 e. The molecule has 1 amide bonds. The number of furan rings is 1. The van der Waals surface area contributed by atoms with Gasteiger partial charge in [0.25, 0.3) is 5.91 Å². The zero-order valence-electron chi connectivity index (χ0n) is 14.0. The van der Waals surface area contributed by atoms with Crippen LogP contribution in [-0.4, -0.2) is 28.9 Å². The number of amides is 1. The molecule has 0 unspecified atom stereocenters. The van der Waals surface area contributed by atoms with Crippen molar-refractivity contribution < 1.29 is 9.21 Å². The highest BCUT2D eigenvalue weighted by Crippen LogP contribution is 2.33. The highest BCUT2D eigenvalue weighted by Gasteiger charge is 2.24. The summed E-state index contributed by atoms with van der Waals surface area (Å²) in [4.78, 5) is 19.1. The fourth-order valence-corrected chi connectivity index (χ4v) is 4.48. The van der Waals surface area contributed by atoms with E-state index in [9.17, 15) is 4.79 Å². The molecular formula is C18H20N2O2S2. The Morgan fingerprint density at radius 2 is 2.04 bits per heavy atom. The number of fused-ring (bicyclic) bond motifs is 1. The Labute approximate surface area is 149 Å². The van der Waals surface area contributed by atoms with Crippen molar-refractivity contribution in [3.63, 3.8) is 0 Å². The second kappa shape index (κ2) is 7.40. The molecule has 0 aliphatic carbocycles. The predicted octanol–water partition coefficient (Wildman–Crippen LogP) is 4.97. The molecule has 0 spiro atoms. The quantitative estimate of drug-likeness (QED) is 0.582. The van der Waals surface area contributed by atoms with Crippen molar-refractivity contribution in [1.29, 1.82) is 0 Å². The molecule has 0 radical (unpaired) electrons. The minimum absolute atomic E-state index is 0.0397. The Morgan fingerprint density at radius 1 is 1.29 bits per heavy atom. The van der Waals surface area contributed by atoms with Crippen LogP contribution in [0.1, 0.15) is 35.7 Å². The monoisotopic (exact) mass is 360 g/mol. The van der Waals surface area contributed by atoms with E-state index in [0.717, 1.165) is 26.6 Å². The summed E-state index contributed by atoms with van der Waals surface area (Å²) < 4.78 is 6.93. The molecule has 3 rings (SSSR count). The van der Waals surface area contributed by atoms with Gasteiger partial charge in [0.2, 0.25) is 0 Å². The Bertz CT molecular complexity index is 850. The third-order valence-electron chi connectivity index (χ3n) is 3.88. The molecule has 0 N–H and O–H groups in total. The second-order valence-electron chi connectivity index (χ2n) is 5.43. The van der Waals surface area contributed by atoms with Gasteiger partial charge in [0.1, 0.15) is 9.92 Å². The highest BCUT2D eigenvalue weighted by molar-refractivity contribution is 8.00. The number of thioether (sulfide) groups is 1. The van der Waals surface area contributed by atoms with Gasteiger partial charge in [-0.15, -0.1) is 11.3 Å². The highest BCUT2D eigenvalue weighted by atomic mass is 32.2. The summed E-state index contributed by atoms with van der Waals surface area (Å²) in [6.45, 7) is 7.30. The summed E-state index contributed by atoms with van der Waals surface area (Å²) in [5.41, 5.74) is 2.75. The minimum atomic E-state index is -0.0397. The summed E-state index contributed by atoms with van der Waals surface area (Å²) in [6.07, 6.45) is 0. The van der Waals surface area contributed by atoms with E-state index in [4.69, 9.17) is 4.42 Å². The first-order chi connectivity index (χ1) is 11.6. The van der Waals surface area contributed by atoms with Crippen LogP contribution in [0.3, 0.4) is 0 Å². The second-order valence-corrected chi connectivity index (χ2v) is 7.51. The number of nitrogens with zero attached hydrogens (tertiary/aromatic N) is 2. The number of rotatable bonds is 6. The van der Waals surface area contributed by atoms with Gasteiger partial charge >= 0.3 is 0 Å². The molecule has 4 nitrogen and oxygen atoms in total. The molecule has 0 bridgehead atoms. The lowest BCUT2D eigenvalue weighted by atomic mass is 10.1. The van der Waals surface area contributed by atoms with E-state index in [1.54, 1.807) is 28.0 Å². The van der Waals surface area contributed by atoms with Gasteiger partial charge in [0.15, 0.2) is 5.76 Å². The van der Waals surface area contributed by atoms with E-state index in [1.807, 2.05) is 50.4 Å². The lowest BCUT2D eigenvalue weighted by Crippen LogP contribution is -2.30. The zero-order chi connectivity index (χ0) is 17.1. The number of para-hydroxylation sites is 1. The van der Waals surface area contributed by atoms with Crippen molar-refractivity contribution in [3.8, 4) is 0 Å². The van der Waals surface area contributed by atoms with E-state index in [0.29, 0.717) is 24.6 Å². The summed E-state index contributed by atoms with van der Waals surface area (Å²) in [6, 6.07) is 7.83. The molecule has 3 aromatic rings. The maximum Gasteiger partial charge on any atom is 0.289 e. The summed E-state index contributed by atoms with van der Waals surface area (Å²) >= 11 is 3.28. The SMILES string of the molecule is CCN(CC)C(=O)c1oc2ccccc2c1CSc1nc(C)cs1. The first kappa shape index (κ1) is 17.0. The van der Waals surface area contributed by atoms with Gasteiger partial charge in [0.05, 0.1) is 0 Å². The molecule has 0 fully saturated rings. The molecule has 2 heterocycles. The summed E-state index contributed by atoms with van der Waals surface area (Å²) in [7, 11) is 0. The third-order valence-corrected chi connectivity index (χ3v) is 6.05. The molecule has 126 valence electrons. The maximum absolute atomic E-state index is 12.8. The van der Waals surface area contributed by atoms with Crippen LogP contribution in [0.5, 0.6) is 0 Å². The van der Waals surface area contributed by atoms with Gasteiger partial charge in [-0.1, -0.05) is 30.0 Å². The lowest BCUT2D eigenvalue weighted by Gasteiger charge is -2.17.